The first kappa shape index (κ1) is 11.3. The fourth-order valence-electron chi connectivity index (χ4n) is 1.57. The van der Waals surface area contributed by atoms with Crippen LogP contribution in [0.2, 0.25) is 0 Å². The van der Waals surface area contributed by atoms with Crippen molar-refractivity contribution in [2.24, 2.45) is 0 Å². The summed E-state index contributed by atoms with van der Waals surface area (Å²) in [5.41, 5.74) is 1.94. The molecule has 0 aliphatic heterocycles. The number of aliphatic hydroxyl groups excluding tert-OH is 1. The third-order valence-corrected chi connectivity index (χ3v) is 3.15. The summed E-state index contributed by atoms with van der Waals surface area (Å²) < 4.78 is 0.796. The third-order valence-electron chi connectivity index (χ3n) is 2.43. The second-order valence-corrected chi connectivity index (χ2v) is 4.34. The summed E-state index contributed by atoms with van der Waals surface area (Å²) in [6.07, 6.45) is 1.81. The van der Waals surface area contributed by atoms with Gasteiger partial charge in [0.05, 0.1) is 6.10 Å². The topological polar surface area (TPSA) is 33.1 Å². The van der Waals surface area contributed by atoms with E-state index in [-0.39, 0.29) is 0 Å². The van der Waals surface area contributed by atoms with Gasteiger partial charge in [0.2, 0.25) is 0 Å². The lowest BCUT2D eigenvalue weighted by Gasteiger charge is -2.11. The number of nitrogens with zero attached hydrogens (tertiary/aromatic N) is 1. The van der Waals surface area contributed by atoms with Gasteiger partial charge in [-0.25, -0.2) is 4.98 Å². The first-order valence-corrected chi connectivity index (χ1v) is 5.89. The van der Waals surface area contributed by atoms with Gasteiger partial charge in [0.15, 0.2) is 0 Å². The monoisotopic (exact) mass is 277 g/mol. The van der Waals surface area contributed by atoms with Crippen LogP contribution in [0, 0.1) is 0 Å². The molecule has 0 amide bonds. The van der Waals surface area contributed by atoms with Gasteiger partial charge in [-0.3, -0.25) is 0 Å². The highest BCUT2D eigenvalue weighted by Crippen LogP contribution is 2.21. The molecule has 1 N–H and O–H groups in total. The maximum atomic E-state index is 10.0. The average Bonchev–Trinajstić information content (AvgIpc) is 2.33. The van der Waals surface area contributed by atoms with Gasteiger partial charge in [-0.1, -0.05) is 36.4 Å². The van der Waals surface area contributed by atoms with Gasteiger partial charge >= 0.3 is 0 Å². The summed E-state index contributed by atoms with van der Waals surface area (Å²) >= 11 is 3.38. The third kappa shape index (κ3) is 2.68. The molecule has 0 fully saturated rings. The van der Waals surface area contributed by atoms with Gasteiger partial charge in [0, 0.05) is 12.6 Å². The molecule has 1 aromatic heterocycles. The van der Waals surface area contributed by atoms with Crippen LogP contribution in [0.25, 0.3) is 0 Å². The predicted octanol–water partition coefficient (Wildman–Crippen LogP) is 3.12. The largest absolute Gasteiger partial charge is 0.388 e. The maximum Gasteiger partial charge on any atom is 0.109 e. The summed E-state index contributed by atoms with van der Waals surface area (Å²) in [6, 6.07) is 13.5. The Hall–Kier alpha value is -1.19. The summed E-state index contributed by atoms with van der Waals surface area (Å²) in [7, 11) is 0. The molecule has 0 spiro atoms. The molecule has 0 aliphatic carbocycles. The van der Waals surface area contributed by atoms with E-state index in [1.807, 2.05) is 42.5 Å². The molecule has 3 heteroatoms. The van der Waals surface area contributed by atoms with Crippen LogP contribution >= 0.6 is 15.9 Å². The molecule has 1 atom stereocenters. The van der Waals surface area contributed by atoms with Gasteiger partial charge in [-0.05, 0) is 33.1 Å². The van der Waals surface area contributed by atoms with Gasteiger partial charge in [-0.2, -0.15) is 0 Å². The van der Waals surface area contributed by atoms with E-state index in [2.05, 4.69) is 20.9 Å². The molecule has 82 valence electrons. The lowest BCUT2D eigenvalue weighted by Crippen LogP contribution is -2.02. The van der Waals surface area contributed by atoms with Gasteiger partial charge in [0.25, 0.3) is 0 Å². The van der Waals surface area contributed by atoms with Crippen LogP contribution in [0.3, 0.4) is 0 Å². The Bertz CT molecular complexity index is 458. The van der Waals surface area contributed by atoms with Crippen molar-refractivity contribution in [1.29, 1.82) is 0 Å². The Kier molecular flexibility index (Phi) is 3.70. The number of aliphatic hydroxyl groups is 1. The van der Waals surface area contributed by atoms with E-state index < -0.39 is 6.10 Å². The standard InChI is InChI=1S/C13H12BrNO/c14-13-11(7-4-8-15-13)9-12(16)10-5-2-1-3-6-10/h1-8,12,16H,9H2. The summed E-state index contributed by atoms with van der Waals surface area (Å²) in [5, 5.41) is 10.0. The van der Waals surface area contributed by atoms with E-state index in [9.17, 15) is 5.11 Å². The number of benzene rings is 1. The van der Waals surface area contributed by atoms with Crippen molar-refractivity contribution >= 4 is 15.9 Å². The minimum atomic E-state index is -0.485. The average molecular weight is 278 g/mol. The molecule has 0 saturated carbocycles. The van der Waals surface area contributed by atoms with Crippen molar-refractivity contribution in [3.63, 3.8) is 0 Å². The zero-order valence-corrected chi connectivity index (χ0v) is 10.3. The van der Waals surface area contributed by atoms with Gasteiger partial charge < -0.3 is 5.11 Å². The van der Waals surface area contributed by atoms with E-state index >= 15 is 0 Å². The quantitative estimate of drug-likeness (QED) is 0.875. The summed E-state index contributed by atoms with van der Waals surface area (Å²) in [6.45, 7) is 0. The highest BCUT2D eigenvalue weighted by atomic mass is 79.9. The fraction of sp³-hybridized carbons (Fsp3) is 0.154. The van der Waals surface area contributed by atoms with Crippen LogP contribution in [0.15, 0.2) is 53.3 Å². The Balaban J connectivity index is 2.14. The lowest BCUT2D eigenvalue weighted by molar-refractivity contribution is 0.178. The van der Waals surface area contributed by atoms with E-state index in [4.69, 9.17) is 0 Å². The molecule has 2 rings (SSSR count). The van der Waals surface area contributed by atoms with Gasteiger partial charge in [0.1, 0.15) is 4.60 Å². The molecule has 0 saturated heterocycles. The first-order valence-electron chi connectivity index (χ1n) is 5.10. The Morgan fingerprint density at radius 1 is 1.12 bits per heavy atom. The zero-order chi connectivity index (χ0) is 11.4. The molecule has 2 aromatic rings. The summed E-state index contributed by atoms with van der Waals surface area (Å²) in [4.78, 5) is 4.13. The normalized spacial score (nSPS) is 12.4. The van der Waals surface area contributed by atoms with Crippen LogP contribution in [0.1, 0.15) is 17.2 Å². The number of rotatable bonds is 3. The molecule has 0 radical (unpaired) electrons. The predicted molar refractivity (Wildman–Crippen MR) is 67.0 cm³/mol. The van der Waals surface area contributed by atoms with Crippen LogP contribution in [-0.4, -0.2) is 10.1 Å². The van der Waals surface area contributed by atoms with E-state index in [0.717, 1.165) is 15.7 Å². The molecule has 2 nitrogen and oxygen atoms in total. The van der Waals surface area contributed by atoms with Crippen molar-refractivity contribution in [2.75, 3.05) is 0 Å². The maximum absolute atomic E-state index is 10.0. The van der Waals surface area contributed by atoms with Crippen LogP contribution in [0.5, 0.6) is 0 Å². The fourth-order valence-corrected chi connectivity index (χ4v) is 1.99. The van der Waals surface area contributed by atoms with E-state index in [0.29, 0.717) is 6.42 Å². The number of halogens is 1. The SMILES string of the molecule is OC(Cc1cccnc1Br)c1ccccc1. The number of hydrogen-bond donors (Lipinski definition) is 1. The van der Waals surface area contributed by atoms with Crippen LogP contribution in [-0.2, 0) is 6.42 Å². The van der Waals surface area contributed by atoms with Crippen molar-refractivity contribution in [3.8, 4) is 0 Å². The lowest BCUT2D eigenvalue weighted by atomic mass is 10.0. The van der Waals surface area contributed by atoms with E-state index in [1.54, 1.807) is 6.20 Å². The van der Waals surface area contributed by atoms with Crippen LogP contribution in [0.4, 0.5) is 0 Å². The first-order chi connectivity index (χ1) is 7.77. The Labute approximate surface area is 103 Å². The van der Waals surface area contributed by atoms with Crippen LogP contribution < -0.4 is 0 Å². The highest BCUT2D eigenvalue weighted by Gasteiger charge is 2.10. The van der Waals surface area contributed by atoms with Crippen molar-refractivity contribution in [3.05, 3.63) is 64.4 Å². The zero-order valence-electron chi connectivity index (χ0n) is 8.68. The molecule has 1 aromatic carbocycles. The minimum Gasteiger partial charge on any atom is -0.388 e. The van der Waals surface area contributed by atoms with Gasteiger partial charge in [-0.15, -0.1) is 0 Å². The molecular formula is C13H12BrNO. The molecule has 0 aliphatic rings. The Morgan fingerprint density at radius 2 is 1.88 bits per heavy atom. The molecule has 0 bridgehead atoms. The number of pyridine rings is 1. The second kappa shape index (κ2) is 5.23. The van der Waals surface area contributed by atoms with Crippen molar-refractivity contribution < 1.29 is 5.11 Å². The molecule has 1 heterocycles. The van der Waals surface area contributed by atoms with Crippen molar-refractivity contribution in [2.45, 2.75) is 12.5 Å². The number of aromatic nitrogens is 1. The Morgan fingerprint density at radius 3 is 2.56 bits per heavy atom. The number of hydrogen-bond acceptors (Lipinski definition) is 2. The smallest absolute Gasteiger partial charge is 0.109 e. The molecular weight excluding hydrogens is 266 g/mol. The summed E-state index contributed by atoms with van der Waals surface area (Å²) in [5.74, 6) is 0. The minimum absolute atomic E-state index is 0.485. The van der Waals surface area contributed by atoms with Crippen molar-refractivity contribution in [1.82, 2.24) is 4.98 Å². The highest BCUT2D eigenvalue weighted by molar-refractivity contribution is 9.10. The second-order valence-electron chi connectivity index (χ2n) is 3.58. The molecule has 16 heavy (non-hydrogen) atoms. The molecule has 1 unspecified atom stereocenters. The van der Waals surface area contributed by atoms with E-state index in [1.165, 1.54) is 0 Å².